The summed E-state index contributed by atoms with van der Waals surface area (Å²) < 4.78 is 6.67. The van der Waals surface area contributed by atoms with E-state index in [0.717, 1.165) is 83.4 Å². The Hall–Kier alpha value is -8.54. The molecule has 0 saturated heterocycles. The summed E-state index contributed by atoms with van der Waals surface area (Å²) in [6, 6.07) is 76.7. The minimum absolute atomic E-state index is 0.593. The lowest BCUT2D eigenvalue weighted by Crippen LogP contribution is -2.32. The normalized spacial score (nSPS) is 12.9. The number of fused-ring (bicyclic) bond motifs is 12. The average molecular weight is 817 g/mol. The SMILES string of the molecule is c1ccc(-c2ccc(-c3nc(-c4ccccc4)nc(-c4ccc5nc(-c6ccccc6)c6cc7c(cc6c5c4)C4(c5ccccc5Oc5ccccc54)c4ccccc4-7)n3)cc2)cc1. The Balaban J connectivity index is 1.07. The Morgan fingerprint density at radius 1 is 0.297 bits per heavy atom. The van der Waals surface area contributed by atoms with Gasteiger partial charge in [-0.3, -0.25) is 0 Å². The molecular weight excluding hydrogens is 781 g/mol. The second-order valence-electron chi connectivity index (χ2n) is 16.5. The summed E-state index contributed by atoms with van der Waals surface area (Å²) >= 11 is 0. The number of rotatable bonds is 5. The van der Waals surface area contributed by atoms with Crippen LogP contribution >= 0.6 is 0 Å². The highest BCUT2D eigenvalue weighted by atomic mass is 16.5. The number of aromatic nitrogens is 4. The molecule has 5 heteroatoms. The third kappa shape index (κ3) is 5.51. The van der Waals surface area contributed by atoms with Crippen molar-refractivity contribution in [2.24, 2.45) is 0 Å². The molecule has 2 aromatic heterocycles. The molecule has 0 fully saturated rings. The molecule has 3 heterocycles. The maximum atomic E-state index is 6.67. The van der Waals surface area contributed by atoms with Gasteiger partial charge < -0.3 is 4.74 Å². The Morgan fingerprint density at radius 3 is 1.44 bits per heavy atom. The number of hydrogen-bond donors (Lipinski definition) is 0. The monoisotopic (exact) mass is 816 g/mol. The van der Waals surface area contributed by atoms with Gasteiger partial charge >= 0.3 is 0 Å². The second kappa shape index (κ2) is 14.3. The van der Waals surface area contributed by atoms with Crippen LogP contribution in [0.1, 0.15) is 22.3 Å². The molecule has 13 rings (SSSR count). The summed E-state index contributed by atoms with van der Waals surface area (Å²) in [5.74, 6) is 3.55. The van der Waals surface area contributed by atoms with Gasteiger partial charge in [-0.1, -0.05) is 176 Å². The van der Waals surface area contributed by atoms with Crippen LogP contribution < -0.4 is 4.74 Å². The molecule has 0 atom stereocenters. The van der Waals surface area contributed by atoms with Gasteiger partial charge in [0.25, 0.3) is 0 Å². The van der Waals surface area contributed by atoms with Crippen molar-refractivity contribution in [2.45, 2.75) is 5.41 Å². The molecule has 5 nitrogen and oxygen atoms in total. The van der Waals surface area contributed by atoms with Crippen molar-refractivity contribution >= 4 is 21.7 Å². The molecule has 1 aliphatic heterocycles. The van der Waals surface area contributed by atoms with E-state index < -0.39 is 5.41 Å². The zero-order chi connectivity index (χ0) is 42.2. The Morgan fingerprint density at radius 2 is 0.781 bits per heavy atom. The first kappa shape index (κ1) is 36.1. The molecule has 9 aromatic carbocycles. The molecule has 64 heavy (non-hydrogen) atoms. The third-order valence-corrected chi connectivity index (χ3v) is 13.0. The first-order valence-electron chi connectivity index (χ1n) is 21.6. The van der Waals surface area contributed by atoms with Crippen LogP contribution in [0.2, 0.25) is 0 Å². The predicted molar refractivity (Wildman–Crippen MR) is 257 cm³/mol. The van der Waals surface area contributed by atoms with Gasteiger partial charge in [0.1, 0.15) is 11.5 Å². The van der Waals surface area contributed by atoms with Crippen LogP contribution in [-0.4, -0.2) is 19.9 Å². The summed E-state index contributed by atoms with van der Waals surface area (Å²) in [6.45, 7) is 0. The topological polar surface area (TPSA) is 60.8 Å². The summed E-state index contributed by atoms with van der Waals surface area (Å²) in [6.07, 6.45) is 0. The molecule has 0 unspecified atom stereocenters. The zero-order valence-electron chi connectivity index (χ0n) is 34.5. The van der Waals surface area contributed by atoms with Crippen LogP contribution in [0, 0.1) is 0 Å². The van der Waals surface area contributed by atoms with Crippen LogP contribution in [0.4, 0.5) is 0 Å². The number of para-hydroxylation sites is 2. The number of pyridine rings is 1. The smallest absolute Gasteiger partial charge is 0.164 e. The molecule has 2 aliphatic rings. The highest BCUT2D eigenvalue weighted by Crippen LogP contribution is 2.62. The molecule has 298 valence electrons. The third-order valence-electron chi connectivity index (χ3n) is 13.0. The number of nitrogens with zero attached hydrogens (tertiary/aromatic N) is 4. The van der Waals surface area contributed by atoms with Crippen molar-refractivity contribution in [1.82, 2.24) is 19.9 Å². The van der Waals surface area contributed by atoms with Gasteiger partial charge in [0.15, 0.2) is 17.5 Å². The van der Waals surface area contributed by atoms with Crippen molar-refractivity contribution in [3.63, 3.8) is 0 Å². The minimum Gasteiger partial charge on any atom is -0.457 e. The van der Waals surface area contributed by atoms with E-state index in [9.17, 15) is 0 Å². The fourth-order valence-electron chi connectivity index (χ4n) is 10.1. The average Bonchev–Trinajstić information content (AvgIpc) is 3.65. The van der Waals surface area contributed by atoms with E-state index in [2.05, 4.69) is 182 Å². The quantitative estimate of drug-likeness (QED) is 0.162. The lowest BCUT2D eigenvalue weighted by Gasteiger charge is -2.39. The van der Waals surface area contributed by atoms with E-state index in [1.807, 2.05) is 36.4 Å². The fourth-order valence-corrected chi connectivity index (χ4v) is 10.1. The zero-order valence-corrected chi connectivity index (χ0v) is 34.5. The lowest BCUT2D eigenvalue weighted by molar-refractivity contribution is 0.436. The Kier molecular flexibility index (Phi) is 8.06. The van der Waals surface area contributed by atoms with Crippen LogP contribution in [0.3, 0.4) is 0 Å². The largest absolute Gasteiger partial charge is 0.457 e. The van der Waals surface area contributed by atoms with E-state index in [0.29, 0.717) is 17.5 Å². The van der Waals surface area contributed by atoms with Crippen LogP contribution in [-0.2, 0) is 5.41 Å². The van der Waals surface area contributed by atoms with E-state index in [-0.39, 0.29) is 0 Å². The van der Waals surface area contributed by atoms with Gasteiger partial charge in [-0.05, 0) is 81.2 Å². The van der Waals surface area contributed by atoms with Crippen molar-refractivity contribution in [3.05, 3.63) is 241 Å². The summed E-state index contributed by atoms with van der Waals surface area (Å²) in [5, 5.41) is 3.20. The number of hydrogen-bond acceptors (Lipinski definition) is 5. The molecule has 1 aliphatic carbocycles. The van der Waals surface area contributed by atoms with Crippen LogP contribution in [0.25, 0.3) is 89.4 Å². The highest BCUT2D eigenvalue weighted by Gasteiger charge is 2.51. The molecule has 0 saturated carbocycles. The maximum Gasteiger partial charge on any atom is 0.164 e. The van der Waals surface area contributed by atoms with Crippen molar-refractivity contribution in [3.8, 4) is 79.2 Å². The molecule has 0 bridgehead atoms. The first-order chi connectivity index (χ1) is 31.7. The van der Waals surface area contributed by atoms with Crippen molar-refractivity contribution in [2.75, 3.05) is 0 Å². The van der Waals surface area contributed by atoms with Gasteiger partial charge in [0.2, 0.25) is 0 Å². The van der Waals surface area contributed by atoms with Gasteiger partial charge in [-0.25, -0.2) is 19.9 Å². The first-order valence-corrected chi connectivity index (χ1v) is 21.6. The van der Waals surface area contributed by atoms with E-state index in [1.54, 1.807) is 0 Å². The van der Waals surface area contributed by atoms with E-state index >= 15 is 0 Å². The van der Waals surface area contributed by atoms with Gasteiger partial charge in [0.05, 0.1) is 16.6 Å². The van der Waals surface area contributed by atoms with Gasteiger partial charge in [-0.15, -0.1) is 0 Å². The van der Waals surface area contributed by atoms with Crippen molar-refractivity contribution in [1.29, 1.82) is 0 Å². The Bertz CT molecular complexity index is 3580. The molecule has 0 radical (unpaired) electrons. The van der Waals surface area contributed by atoms with E-state index in [4.69, 9.17) is 24.7 Å². The second-order valence-corrected chi connectivity index (χ2v) is 16.5. The standard InChI is InChI=1S/C59H36N4O/c1-4-16-37(17-5-1)38-28-30-41(31-29-38)57-61-56(40-20-8-3-9-21-40)62-58(63-57)42-32-33-52-46(34-42)44-36-51-45(35-47(44)55(60-52)39-18-6-2-7-19-39)43-22-10-11-23-48(43)59(51)49-24-12-14-26-53(49)64-54-27-15-13-25-50(54)59/h1-36H. The highest BCUT2D eigenvalue weighted by molar-refractivity contribution is 6.14. The molecular formula is C59H36N4O. The minimum atomic E-state index is -0.616. The van der Waals surface area contributed by atoms with Crippen LogP contribution in [0.5, 0.6) is 11.5 Å². The predicted octanol–water partition coefficient (Wildman–Crippen LogP) is 14.4. The lowest BCUT2D eigenvalue weighted by atomic mass is 9.66. The summed E-state index contributed by atoms with van der Waals surface area (Å²) in [5.41, 5.74) is 14.4. The maximum absolute atomic E-state index is 6.67. The molecule has 0 N–H and O–H groups in total. The van der Waals surface area contributed by atoms with E-state index in [1.165, 1.54) is 22.3 Å². The van der Waals surface area contributed by atoms with Crippen LogP contribution in [0.15, 0.2) is 218 Å². The van der Waals surface area contributed by atoms with Crippen molar-refractivity contribution < 1.29 is 4.74 Å². The molecule has 11 aromatic rings. The number of ether oxygens (including phenoxy) is 1. The Labute approximate surface area is 370 Å². The molecule has 0 amide bonds. The van der Waals surface area contributed by atoms with Gasteiger partial charge in [0, 0.05) is 44.2 Å². The molecule has 1 spiro atoms. The summed E-state index contributed by atoms with van der Waals surface area (Å²) in [7, 11) is 0. The number of benzene rings is 9. The fraction of sp³-hybridized carbons (Fsp3) is 0.0169. The van der Waals surface area contributed by atoms with Gasteiger partial charge in [-0.2, -0.15) is 0 Å². The summed E-state index contributed by atoms with van der Waals surface area (Å²) in [4.78, 5) is 20.9.